The number of ether oxygens (including phenoxy) is 3. The van der Waals surface area contributed by atoms with E-state index < -0.39 is 0 Å². The van der Waals surface area contributed by atoms with Gasteiger partial charge in [0, 0.05) is 11.8 Å². The first-order valence-electron chi connectivity index (χ1n) is 8.03. The van der Waals surface area contributed by atoms with Crippen LogP contribution in [-0.4, -0.2) is 19.8 Å². The van der Waals surface area contributed by atoms with Gasteiger partial charge in [0.2, 0.25) is 0 Å². The number of unbranched alkanes of at least 4 members (excludes halogenated alkanes) is 1. The largest absolute Gasteiger partial charge is 0.494 e. The lowest BCUT2D eigenvalue weighted by Gasteiger charge is -2.09. The maximum Gasteiger partial charge on any atom is 0.121 e. The highest BCUT2D eigenvalue weighted by atomic mass is 16.5. The Hall–Kier alpha value is -2.36. The molecule has 0 aromatic heterocycles. The van der Waals surface area contributed by atoms with Crippen LogP contribution in [0.5, 0.6) is 17.2 Å². The lowest BCUT2D eigenvalue weighted by molar-refractivity contribution is 0.266. The molecule has 0 aliphatic carbocycles. The van der Waals surface area contributed by atoms with Crippen LogP contribution < -0.4 is 19.9 Å². The van der Waals surface area contributed by atoms with Gasteiger partial charge in [-0.2, -0.15) is 0 Å². The summed E-state index contributed by atoms with van der Waals surface area (Å²) >= 11 is 0. The molecule has 0 aliphatic heterocycles. The lowest BCUT2D eigenvalue weighted by atomic mass is 10.2. The predicted octanol–water partition coefficient (Wildman–Crippen LogP) is 4.21. The predicted molar refractivity (Wildman–Crippen MR) is 93.4 cm³/mol. The van der Waals surface area contributed by atoms with E-state index in [1.807, 2.05) is 56.3 Å². The van der Waals surface area contributed by atoms with Gasteiger partial charge in [-0.3, -0.25) is 0 Å². The zero-order chi connectivity index (χ0) is 16.5. The molecule has 2 N–H and O–H groups in total. The fraction of sp³-hybridized carbons (Fsp3) is 0.368. The van der Waals surface area contributed by atoms with E-state index in [0.29, 0.717) is 19.8 Å². The van der Waals surface area contributed by atoms with E-state index in [4.69, 9.17) is 19.9 Å². The van der Waals surface area contributed by atoms with Gasteiger partial charge in [-0.1, -0.05) is 6.07 Å². The van der Waals surface area contributed by atoms with Crippen molar-refractivity contribution in [2.75, 3.05) is 25.6 Å². The summed E-state index contributed by atoms with van der Waals surface area (Å²) in [6, 6.07) is 13.5. The third-order valence-electron chi connectivity index (χ3n) is 3.46. The number of benzene rings is 2. The third-order valence-corrected chi connectivity index (χ3v) is 3.46. The molecule has 2 aromatic carbocycles. The summed E-state index contributed by atoms with van der Waals surface area (Å²) in [6.45, 7) is 5.96. The smallest absolute Gasteiger partial charge is 0.121 e. The molecule has 0 heterocycles. The van der Waals surface area contributed by atoms with Crippen LogP contribution in [0.4, 0.5) is 5.69 Å². The molecule has 0 atom stereocenters. The molecular weight excluding hydrogens is 290 g/mol. The Morgan fingerprint density at radius 2 is 1.30 bits per heavy atom. The van der Waals surface area contributed by atoms with Crippen molar-refractivity contribution in [3.05, 3.63) is 48.0 Å². The summed E-state index contributed by atoms with van der Waals surface area (Å²) in [5.41, 5.74) is 7.69. The van der Waals surface area contributed by atoms with Crippen LogP contribution in [0.2, 0.25) is 0 Å². The molecule has 4 nitrogen and oxygen atoms in total. The molecule has 0 bridgehead atoms. The summed E-state index contributed by atoms with van der Waals surface area (Å²) in [5, 5.41) is 0. The van der Waals surface area contributed by atoms with Crippen LogP contribution in [0, 0.1) is 6.92 Å². The minimum atomic E-state index is 0.662. The Morgan fingerprint density at radius 1 is 0.783 bits per heavy atom. The van der Waals surface area contributed by atoms with Crippen LogP contribution >= 0.6 is 0 Å². The van der Waals surface area contributed by atoms with Gasteiger partial charge in [0.1, 0.15) is 17.2 Å². The quantitative estimate of drug-likeness (QED) is 0.556. The molecule has 2 rings (SSSR count). The van der Waals surface area contributed by atoms with Crippen LogP contribution in [0.15, 0.2) is 42.5 Å². The number of hydrogen-bond acceptors (Lipinski definition) is 4. The Morgan fingerprint density at radius 3 is 1.87 bits per heavy atom. The number of rotatable bonds is 9. The summed E-state index contributed by atoms with van der Waals surface area (Å²) in [6.07, 6.45) is 1.87. The molecule has 0 aliphatic rings. The number of nitrogen functional groups attached to an aromatic ring is 1. The SMILES string of the molecule is CCOc1ccc(OCCCCOc2ccc(C)c(N)c2)cc1. The van der Waals surface area contributed by atoms with Crippen LogP contribution in [0.3, 0.4) is 0 Å². The van der Waals surface area contributed by atoms with Crippen LogP contribution in [0.1, 0.15) is 25.3 Å². The minimum absolute atomic E-state index is 0.662. The molecule has 0 radical (unpaired) electrons. The van der Waals surface area contributed by atoms with Crippen molar-refractivity contribution in [3.63, 3.8) is 0 Å². The van der Waals surface area contributed by atoms with E-state index in [9.17, 15) is 0 Å². The molecule has 0 saturated heterocycles. The highest BCUT2D eigenvalue weighted by Crippen LogP contribution is 2.19. The van der Waals surface area contributed by atoms with E-state index in [0.717, 1.165) is 41.3 Å². The highest BCUT2D eigenvalue weighted by Gasteiger charge is 1.99. The van der Waals surface area contributed by atoms with Crippen molar-refractivity contribution in [2.24, 2.45) is 0 Å². The zero-order valence-electron chi connectivity index (χ0n) is 13.9. The minimum Gasteiger partial charge on any atom is -0.494 e. The van der Waals surface area contributed by atoms with Crippen molar-refractivity contribution in [2.45, 2.75) is 26.7 Å². The van der Waals surface area contributed by atoms with Crippen molar-refractivity contribution in [3.8, 4) is 17.2 Å². The van der Waals surface area contributed by atoms with E-state index in [1.54, 1.807) is 0 Å². The van der Waals surface area contributed by atoms with E-state index in [2.05, 4.69) is 0 Å². The Bertz CT molecular complexity index is 596. The van der Waals surface area contributed by atoms with Crippen molar-refractivity contribution in [1.29, 1.82) is 0 Å². The van der Waals surface area contributed by atoms with Gasteiger partial charge in [0.25, 0.3) is 0 Å². The number of anilines is 1. The first-order valence-corrected chi connectivity index (χ1v) is 8.03. The third kappa shape index (κ3) is 5.74. The van der Waals surface area contributed by atoms with Crippen molar-refractivity contribution < 1.29 is 14.2 Å². The van der Waals surface area contributed by atoms with Gasteiger partial charge in [-0.25, -0.2) is 0 Å². The Balaban J connectivity index is 1.61. The van der Waals surface area contributed by atoms with Gasteiger partial charge < -0.3 is 19.9 Å². The number of aryl methyl sites for hydroxylation is 1. The van der Waals surface area contributed by atoms with Gasteiger partial charge >= 0.3 is 0 Å². The fourth-order valence-corrected chi connectivity index (χ4v) is 2.09. The molecule has 124 valence electrons. The maximum absolute atomic E-state index is 5.86. The van der Waals surface area contributed by atoms with E-state index in [-0.39, 0.29) is 0 Å². The fourth-order valence-electron chi connectivity index (χ4n) is 2.09. The molecular formula is C19H25NO3. The van der Waals surface area contributed by atoms with Crippen molar-refractivity contribution >= 4 is 5.69 Å². The van der Waals surface area contributed by atoms with Gasteiger partial charge in [-0.15, -0.1) is 0 Å². The van der Waals surface area contributed by atoms with Gasteiger partial charge in [0.05, 0.1) is 19.8 Å². The number of hydrogen-bond donors (Lipinski definition) is 1. The molecule has 0 fully saturated rings. The summed E-state index contributed by atoms with van der Waals surface area (Å²) < 4.78 is 16.8. The van der Waals surface area contributed by atoms with Gasteiger partial charge in [0.15, 0.2) is 0 Å². The number of nitrogens with two attached hydrogens (primary N) is 1. The Labute approximate surface area is 138 Å². The average Bonchev–Trinajstić information content (AvgIpc) is 2.56. The van der Waals surface area contributed by atoms with Crippen LogP contribution in [-0.2, 0) is 0 Å². The second kappa shape index (κ2) is 8.93. The molecule has 23 heavy (non-hydrogen) atoms. The lowest BCUT2D eigenvalue weighted by Crippen LogP contribution is -2.03. The maximum atomic E-state index is 5.86. The second-order valence-corrected chi connectivity index (χ2v) is 5.33. The normalized spacial score (nSPS) is 10.3. The van der Waals surface area contributed by atoms with E-state index >= 15 is 0 Å². The second-order valence-electron chi connectivity index (χ2n) is 5.33. The molecule has 0 amide bonds. The monoisotopic (exact) mass is 315 g/mol. The zero-order valence-corrected chi connectivity index (χ0v) is 13.9. The molecule has 0 spiro atoms. The van der Waals surface area contributed by atoms with E-state index in [1.165, 1.54) is 0 Å². The summed E-state index contributed by atoms with van der Waals surface area (Å²) in [7, 11) is 0. The summed E-state index contributed by atoms with van der Waals surface area (Å²) in [5.74, 6) is 2.55. The first kappa shape index (κ1) is 17.0. The van der Waals surface area contributed by atoms with Crippen LogP contribution in [0.25, 0.3) is 0 Å². The topological polar surface area (TPSA) is 53.7 Å². The summed E-state index contributed by atoms with van der Waals surface area (Å²) in [4.78, 5) is 0. The molecule has 0 unspecified atom stereocenters. The average molecular weight is 315 g/mol. The van der Waals surface area contributed by atoms with Gasteiger partial charge in [-0.05, 0) is 62.6 Å². The first-order chi connectivity index (χ1) is 11.2. The molecule has 0 saturated carbocycles. The van der Waals surface area contributed by atoms with Crippen molar-refractivity contribution in [1.82, 2.24) is 0 Å². The highest BCUT2D eigenvalue weighted by molar-refractivity contribution is 5.50. The Kier molecular flexibility index (Phi) is 6.60. The molecule has 2 aromatic rings. The molecule has 4 heteroatoms. The standard InChI is InChI=1S/C19H25NO3/c1-3-21-16-8-10-17(11-9-16)22-12-4-5-13-23-18-7-6-15(2)19(20)14-18/h6-11,14H,3-5,12-13,20H2,1-2H3.